The van der Waals surface area contributed by atoms with Crippen molar-refractivity contribution < 1.29 is 9.53 Å². The largest absolute Gasteiger partial charge is 0.496 e. The number of likely N-dealkylation sites (tertiary alicyclic amines) is 1. The zero-order valence-corrected chi connectivity index (χ0v) is 16.9. The molecule has 30 heavy (non-hydrogen) atoms. The van der Waals surface area contributed by atoms with E-state index in [0.29, 0.717) is 31.0 Å². The van der Waals surface area contributed by atoms with Crippen molar-refractivity contribution in [1.29, 1.82) is 0 Å². The second-order valence-electron chi connectivity index (χ2n) is 7.40. The Morgan fingerprint density at radius 1 is 1.17 bits per heavy atom. The molecule has 1 saturated heterocycles. The minimum Gasteiger partial charge on any atom is -0.496 e. The lowest BCUT2D eigenvalue weighted by Crippen LogP contribution is -2.39. The Labute approximate surface area is 174 Å². The van der Waals surface area contributed by atoms with Crippen LogP contribution in [0.2, 0.25) is 0 Å². The fraction of sp³-hybridized carbons (Fsp3) is 0.304. The van der Waals surface area contributed by atoms with Gasteiger partial charge >= 0.3 is 0 Å². The van der Waals surface area contributed by atoms with Gasteiger partial charge in [-0.05, 0) is 31.0 Å². The van der Waals surface area contributed by atoms with Gasteiger partial charge in [-0.1, -0.05) is 18.2 Å². The van der Waals surface area contributed by atoms with Gasteiger partial charge in [0.2, 0.25) is 5.91 Å². The van der Waals surface area contributed by atoms with Gasteiger partial charge in [0.15, 0.2) is 0 Å². The lowest BCUT2D eigenvalue weighted by atomic mass is 9.95. The van der Waals surface area contributed by atoms with Gasteiger partial charge in [-0.25, -0.2) is 4.98 Å². The van der Waals surface area contributed by atoms with Crippen LogP contribution in [0.3, 0.4) is 0 Å². The molecule has 0 saturated carbocycles. The van der Waals surface area contributed by atoms with Crippen LogP contribution in [0.5, 0.6) is 5.75 Å². The number of methoxy groups -OCH3 is 1. The van der Waals surface area contributed by atoms with Crippen LogP contribution < -0.4 is 10.3 Å². The van der Waals surface area contributed by atoms with Gasteiger partial charge < -0.3 is 14.6 Å². The van der Waals surface area contributed by atoms with E-state index in [4.69, 9.17) is 4.74 Å². The number of hydrogen-bond donors (Lipinski definition) is 1. The molecule has 1 aromatic carbocycles. The maximum atomic E-state index is 12.8. The number of benzene rings is 1. The highest BCUT2D eigenvalue weighted by atomic mass is 16.5. The number of aromatic nitrogens is 3. The number of rotatable bonds is 5. The fourth-order valence-corrected chi connectivity index (χ4v) is 3.87. The Morgan fingerprint density at radius 3 is 2.63 bits per heavy atom. The molecule has 3 aromatic rings. The Balaban J connectivity index is 1.43. The topological polar surface area (TPSA) is 88.2 Å². The lowest BCUT2D eigenvalue weighted by molar-refractivity contribution is -0.131. The smallest absolute Gasteiger partial charge is 0.251 e. The number of nitrogens with zero attached hydrogens (tertiary/aromatic N) is 3. The van der Waals surface area contributed by atoms with Gasteiger partial charge in [-0.3, -0.25) is 14.6 Å². The Hall–Kier alpha value is -3.48. The molecule has 0 aliphatic carbocycles. The van der Waals surface area contributed by atoms with Crippen molar-refractivity contribution >= 4 is 5.91 Å². The Bertz CT molecular complexity index is 1070. The average Bonchev–Trinajstić information content (AvgIpc) is 2.79. The molecule has 1 N–H and O–H groups in total. The number of carbonyl (C=O) groups excluding carboxylic acids is 1. The number of para-hydroxylation sites is 1. The third-order valence-corrected chi connectivity index (χ3v) is 5.50. The van der Waals surface area contributed by atoms with E-state index < -0.39 is 0 Å². The number of pyridine rings is 1. The molecule has 0 radical (unpaired) electrons. The Kier molecular flexibility index (Phi) is 5.88. The third kappa shape index (κ3) is 4.40. The molecule has 7 heteroatoms. The molecule has 0 atom stereocenters. The maximum absolute atomic E-state index is 12.8. The van der Waals surface area contributed by atoms with Crippen molar-refractivity contribution in [2.45, 2.75) is 25.2 Å². The fourth-order valence-electron chi connectivity index (χ4n) is 3.87. The van der Waals surface area contributed by atoms with Crippen LogP contribution in [0.4, 0.5) is 0 Å². The summed E-state index contributed by atoms with van der Waals surface area (Å²) in [5.41, 5.74) is 2.23. The van der Waals surface area contributed by atoms with Crippen LogP contribution in [-0.2, 0) is 11.2 Å². The van der Waals surface area contributed by atoms with Crippen molar-refractivity contribution in [2.75, 3.05) is 20.2 Å². The zero-order chi connectivity index (χ0) is 20.9. The van der Waals surface area contributed by atoms with E-state index in [1.54, 1.807) is 19.5 Å². The molecule has 2 aromatic heterocycles. The van der Waals surface area contributed by atoms with Gasteiger partial charge in [0.05, 0.1) is 19.2 Å². The van der Waals surface area contributed by atoms with Gasteiger partial charge in [0.1, 0.15) is 11.6 Å². The summed E-state index contributed by atoms with van der Waals surface area (Å²) < 4.78 is 5.35. The van der Waals surface area contributed by atoms with E-state index in [2.05, 4.69) is 15.0 Å². The van der Waals surface area contributed by atoms with Gasteiger partial charge in [-0.15, -0.1) is 0 Å². The van der Waals surface area contributed by atoms with Crippen LogP contribution in [0, 0.1) is 0 Å². The molecule has 0 unspecified atom stereocenters. The Morgan fingerprint density at radius 2 is 1.90 bits per heavy atom. The first-order valence-electron chi connectivity index (χ1n) is 10.1. The molecule has 0 spiro atoms. The number of aromatic amines is 1. The summed E-state index contributed by atoms with van der Waals surface area (Å²) >= 11 is 0. The second-order valence-corrected chi connectivity index (χ2v) is 7.40. The predicted octanol–water partition coefficient (Wildman–Crippen LogP) is 2.79. The second kappa shape index (κ2) is 8.90. The number of H-pyrrole nitrogens is 1. The summed E-state index contributed by atoms with van der Waals surface area (Å²) in [6, 6.07) is 12.8. The zero-order valence-electron chi connectivity index (χ0n) is 16.9. The van der Waals surface area contributed by atoms with Gasteiger partial charge in [0, 0.05) is 48.6 Å². The first-order chi connectivity index (χ1) is 14.6. The minimum absolute atomic E-state index is 0.0879. The van der Waals surface area contributed by atoms with Gasteiger partial charge in [0.25, 0.3) is 5.56 Å². The van der Waals surface area contributed by atoms with E-state index in [1.807, 2.05) is 41.3 Å². The van der Waals surface area contributed by atoms with E-state index in [1.165, 1.54) is 6.07 Å². The molecular formula is C23H24N4O3. The number of amides is 1. The highest BCUT2D eigenvalue weighted by Gasteiger charge is 2.26. The number of nitrogens with one attached hydrogen (secondary N) is 1. The highest BCUT2D eigenvalue weighted by molar-refractivity contribution is 5.79. The molecule has 7 nitrogen and oxygen atoms in total. The summed E-state index contributed by atoms with van der Waals surface area (Å²) in [5.74, 6) is 1.63. The van der Waals surface area contributed by atoms with Crippen molar-refractivity contribution in [1.82, 2.24) is 19.9 Å². The van der Waals surface area contributed by atoms with Crippen molar-refractivity contribution in [3.05, 3.63) is 76.6 Å². The normalized spacial score (nSPS) is 14.5. The number of carbonyl (C=O) groups is 1. The molecule has 1 fully saturated rings. The molecule has 3 heterocycles. The molecular weight excluding hydrogens is 380 g/mol. The summed E-state index contributed by atoms with van der Waals surface area (Å²) in [7, 11) is 1.61. The van der Waals surface area contributed by atoms with Crippen LogP contribution in [-0.4, -0.2) is 46.0 Å². The van der Waals surface area contributed by atoms with Crippen LogP contribution in [0.1, 0.15) is 30.1 Å². The van der Waals surface area contributed by atoms with Crippen molar-refractivity contribution in [3.8, 4) is 17.0 Å². The molecule has 1 aliphatic rings. The maximum Gasteiger partial charge on any atom is 0.251 e. The predicted molar refractivity (Wildman–Crippen MR) is 113 cm³/mol. The van der Waals surface area contributed by atoms with E-state index >= 15 is 0 Å². The SMILES string of the molecule is COc1ccccc1CC(=O)N1CCC(c2nc(-c3ccncc3)cc(=O)[nH]2)CC1. The third-order valence-electron chi connectivity index (χ3n) is 5.50. The first kappa shape index (κ1) is 19.8. The summed E-state index contributed by atoms with van der Waals surface area (Å²) in [4.78, 5) is 38.4. The van der Waals surface area contributed by atoms with E-state index in [-0.39, 0.29) is 17.4 Å². The molecule has 1 amide bonds. The molecule has 4 rings (SSSR count). The van der Waals surface area contributed by atoms with Crippen molar-refractivity contribution in [2.24, 2.45) is 0 Å². The summed E-state index contributed by atoms with van der Waals surface area (Å²) in [5, 5.41) is 0. The quantitative estimate of drug-likeness (QED) is 0.706. The lowest BCUT2D eigenvalue weighted by Gasteiger charge is -2.31. The molecule has 0 bridgehead atoms. The monoisotopic (exact) mass is 404 g/mol. The van der Waals surface area contributed by atoms with Crippen LogP contribution in [0.25, 0.3) is 11.3 Å². The van der Waals surface area contributed by atoms with Crippen LogP contribution >= 0.6 is 0 Å². The summed E-state index contributed by atoms with van der Waals surface area (Å²) in [6.45, 7) is 1.28. The molecule has 154 valence electrons. The van der Waals surface area contributed by atoms with Crippen molar-refractivity contribution in [3.63, 3.8) is 0 Å². The first-order valence-corrected chi connectivity index (χ1v) is 10.1. The van der Waals surface area contributed by atoms with E-state index in [9.17, 15) is 9.59 Å². The van der Waals surface area contributed by atoms with Crippen LogP contribution in [0.15, 0.2) is 59.7 Å². The number of piperidine rings is 1. The summed E-state index contributed by atoms with van der Waals surface area (Å²) in [6.07, 6.45) is 5.22. The van der Waals surface area contributed by atoms with E-state index in [0.717, 1.165) is 29.7 Å². The standard InChI is InChI=1S/C23H24N4O3/c1-30-20-5-3-2-4-18(20)14-22(29)27-12-8-17(9-13-27)23-25-19(15-21(28)26-23)16-6-10-24-11-7-16/h2-7,10-11,15,17H,8-9,12-14H2,1H3,(H,25,26,28). The highest BCUT2D eigenvalue weighted by Crippen LogP contribution is 2.27. The average molecular weight is 404 g/mol. The molecule has 1 aliphatic heterocycles. The minimum atomic E-state index is -0.165. The number of ether oxygens (including phenoxy) is 1. The number of hydrogen-bond acceptors (Lipinski definition) is 5. The van der Waals surface area contributed by atoms with Gasteiger partial charge in [-0.2, -0.15) is 0 Å².